The molecule has 1 aromatic heterocycles. The normalized spacial score (nSPS) is 18.0. The number of hydrogen-bond acceptors (Lipinski definition) is 7. The Hall–Kier alpha value is -2.71. The highest BCUT2D eigenvalue weighted by atomic mass is 16.6. The summed E-state index contributed by atoms with van der Waals surface area (Å²) >= 11 is 0. The number of hydrogen-bond donors (Lipinski definition) is 2. The molecule has 1 saturated heterocycles. The summed E-state index contributed by atoms with van der Waals surface area (Å²) in [4.78, 5) is 38.8. The number of carbonyl (C=O) groups excluding carboxylic acids is 2. The molecule has 0 radical (unpaired) electrons. The van der Waals surface area contributed by atoms with Crippen LogP contribution in [0.5, 0.6) is 0 Å². The molecule has 1 atom stereocenters. The van der Waals surface area contributed by atoms with Crippen molar-refractivity contribution in [3.05, 3.63) is 22.2 Å². The molecule has 1 aliphatic heterocycles. The fraction of sp³-hybridized carbons (Fsp3) is 0.417. The van der Waals surface area contributed by atoms with Crippen molar-refractivity contribution in [1.29, 1.82) is 0 Å². The molecule has 21 heavy (non-hydrogen) atoms. The smallest absolute Gasteiger partial charge is 0.311 e. The molecule has 2 heterocycles. The van der Waals surface area contributed by atoms with Gasteiger partial charge in [-0.05, 0) is 13.0 Å². The zero-order valence-electron chi connectivity index (χ0n) is 11.6. The van der Waals surface area contributed by atoms with E-state index in [0.717, 1.165) is 4.90 Å². The van der Waals surface area contributed by atoms with Crippen molar-refractivity contribution in [2.45, 2.75) is 19.4 Å². The molecule has 2 N–H and O–H groups in total. The van der Waals surface area contributed by atoms with Crippen LogP contribution in [0.1, 0.15) is 13.3 Å². The van der Waals surface area contributed by atoms with E-state index in [1.54, 1.807) is 0 Å². The Labute approximate surface area is 120 Å². The Bertz CT molecular complexity index is 603. The number of pyridine rings is 1. The zero-order chi connectivity index (χ0) is 15.6. The fourth-order valence-electron chi connectivity index (χ4n) is 2.02. The highest BCUT2D eigenvalue weighted by Gasteiger charge is 2.37. The minimum absolute atomic E-state index is 0.0279. The lowest BCUT2D eigenvalue weighted by Gasteiger charge is -2.13. The number of anilines is 2. The van der Waals surface area contributed by atoms with Crippen molar-refractivity contribution in [2.75, 3.05) is 24.2 Å². The standard InChI is InChI=1S/C12H15N5O4/c1-3-13-9-5-4-8(17(20)21)11(15-9)14-7-6-10(18)16(2)12(7)19/h4-5,7H,3,6H2,1-2H3,(H2,13,14,15). The predicted octanol–water partition coefficient (Wildman–Crippen LogP) is 0.591. The van der Waals surface area contributed by atoms with Crippen molar-refractivity contribution < 1.29 is 14.5 Å². The van der Waals surface area contributed by atoms with Gasteiger partial charge in [0.15, 0.2) is 0 Å². The molecule has 9 heteroatoms. The van der Waals surface area contributed by atoms with Crippen molar-refractivity contribution in [2.24, 2.45) is 0 Å². The van der Waals surface area contributed by atoms with Crippen molar-refractivity contribution in [3.8, 4) is 0 Å². The van der Waals surface area contributed by atoms with Gasteiger partial charge in [-0.15, -0.1) is 0 Å². The Balaban J connectivity index is 2.29. The molecular weight excluding hydrogens is 278 g/mol. The second-order valence-corrected chi connectivity index (χ2v) is 4.54. The lowest BCUT2D eigenvalue weighted by atomic mass is 10.2. The first-order chi connectivity index (χ1) is 9.93. The number of likely N-dealkylation sites (N-methyl/N-ethyl adjacent to an activating group) is 1. The molecule has 0 saturated carbocycles. The lowest BCUT2D eigenvalue weighted by Crippen LogP contribution is -2.32. The van der Waals surface area contributed by atoms with Crippen LogP contribution in [0.15, 0.2) is 12.1 Å². The number of likely N-dealkylation sites (tertiary alicyclic amines) is 1. The predicted molar refractivity (Wildman–Crippen MR) is 74.9 cm³/mol. The van der Waals surface area contributed by atoms with Gasteiger partial charge in [0, 0.05) is 19.7 Å². The van der Waals surface area contributed by atoms with Crippen LogP contribution in [-0.2, 0) is 9.59 Å². The van der Waals surface area contributed by atoms with Crippen LogP contribution < -0.4 is 10.6 Å². The Morgan fingerprint density at radius 3 is 2.71 bits per heavy atom. The van der Waals surface area contributed by atoms with Gasteiger partial charge in [0.25, 0.3) is 5.91 Å². The summed E-state index contributed by atoms with van der Waals surface area (Å²) in [5.74, 6) is -0.330. The molecule has 0 aromatic carbocycles. The average molecular weight is 293 g/mol. The van der Waals surface area contributed by atoms with E-state index in [-0.39, 0.29) is 23.8 Å². The van der Waals surface area contributed by atoms with Crippen molar-refractivity contribution >= 4 is 29.1 Å². The SMILES string of the molecule is CCNc1ccc([N+](=O)[O-])c(NC2CC(=O)N(C)C2=O)n1. The summed E-state index contributed by atoms with van der Waals surface area (Å²) in [5, 5.41) is 16.6. The summed E-state index contributed by atoms with van der Waals surface area (Å²) in [6.07, 6.45) is -0.0421. The highest BCUT2D eigenvalue weighted by molar-refractivity contribution is 6.06. The molecule has 112 valence electrons. The summed E-state index contributed by atoms with van der Waals surface area (Å²) in [5.41, 5.74) is -0.244. The van der Waals surface area contributed by atoms with E-state index in [2.05, 4.69) is 15.6 Å². The van der Waals surface area contributed by atoms with E-state index in [4.69, 9.17) is 0 Å². The highest BCUT2D eigenvalue weighted by Crippen LogP contribution is 2.26. The molecule has 1 unspecified atom stereocenters. The fourth-order valence-corrected chi connectivity index (χ4v) is 2.02. The summed E-state index contributed by atoms with van der Waals surface area (Å²) < 4.78 is 0. The first-order valence-electron chi connectivity index (χ1n) is 6.40. The van der Waals surface area contributed by atoms with Gasteiger partial charge in [-0.2, -0.15) is 0 Å². The molecule has 1 fully saturated rings. The molecule has 9 nitrogen and oxygen atoms in total. The van der Waals surface area contributed by atoms with Gasteiger partial charge < -0.3 is 10.6 Å². The van der Waals surface area contributed by atoms with Gasteiger partial charge in [-0.1, -0.05) is 0 Å². The first-order valence-corrected chi connectivity index (χ1v) is 6.40. The average Bonchev–Trinajstić information content (AvgIpc) is 2.67. The third-order valence-electron chi connectivity index (χ3n) is 3.12. The van der Waals surface area contributed by atoms with E-state index in [1.165, 1.54) is 19.2 Å². The largest absolute Gasteiger partial charge is 0.370 e. The van der Waals surface area contributed by atoms with Gasteiger partial charge >= 0.3 is 5.69 Å². The number of nitrogens with zero attached hydrogens (tertiary/aromatic N) is 3. The number of nitrogens with one attached hydrogen (secondary N) is 2. The molecule has 0 spiro atoms. The molecule has 2 amide bonds. The topological polar surface area (TPSA) is 117 Å². The van der Waals surface area contributed by atoms with Crippen molar-refractivity contribution in [1.82, 2.24) is 9.88 Å². The molecule has 0 bridgehead atoms. The van der Waals surface area contributed by atoms with E-state index in [1.807, 2.05) is 6.92 Å². The second kappa shape index (κ2) is 5.73. The van der Waals surface area contributed by atoms with Crippen LogP contribution in [0.2, 0.25) is 0 Å². The Morgan fingerprint density at radius 2 is 2.19 bits per heavy atom. The maximum Gasteiger partial charge on any atom is 0.311 e. The van der Waals surface area contributed by atoms with E-state index in [0.29, 0.717) is 12.4 Å². The number of imide groups is 1. The minimum Gasteiger partial charge on any atom is -0.370 e. The third kappa shape index (κ3) is 2.91. The first kappa shape index (κ1) is 14.7. The van der Waals surface area contributed by atoms with E-state index < -0.39 is 16.9 Å². The van der Waals surface area contributed by atoms with E-state index in [9.17, 15) is 19.7 Å². The number of carbonyl (C=O) groups is 2. The molecule has 2 rings (SSSR count). The summed E-state index contributed by atoms with van der Waals surface area (Å²) in [6.45, 7) is 2.47. The molecule has 1 aliphatic rings. The number of amides is 2. The maximum atomic E-state index is 11.8. The summed E-state index contributed by atoms with van der Waals surface area (Å²) in [7, 11) is 1.38. The third-order valence-corrected chi connectivity index (χ3v) is 3.12. The number of nitro groups is 1. The molecule has 1 aromatic rings. The quantitative estimate of drug-likeness (QED) is 0.463. The van der Waals surface area contributed by atoms with Gasteiger partial charge in [0.1, 0.15) is 11.9 Å². The van der Waals surface area contributed by atoms with Gasteiger partial charge in [-0.3, -0.25) is 24.6 Å². The Kier molecular flexibility index (Phi) is 4.01. The van der Waals surface area contributed by atoms with Gasteiger partial charge in [0.05, 0.1) is 11.3 Å². The van der Waals surface area contributed by atoms with Crippen LogP contribution in [-0.4, -0.2) is 46.3 Å². The van der Waals surface area contributed by atoms with Crippen LogP contribution in [0.4, 0.5) is 17.3 Å². The molecular formula is C12H15N5O4. The summed E-state index contributed by atoms with van der Waals surface area (Å²) in [6, 6.07) is 1.96. The van der Waals surface area contributed by atoms with E-state index >= 15 is 0 Å². The van der Waals surface area contributed by atoms with Crippen LogP contribution >= 0.6 is 0 Å². The lowest BCUT2D eigenvalue weighted by molar-refractivity contribution is -0.384. The van der Waals surface area contributed by atoms with Crippen LogP contribution in [0.25, 0.3) is 0 Å². The number of rotatable bonds is 5. The second-order valence-electron chi connectivity index (χ2n) is 4.54. The van der Waals surface area contributed by atoms with Crippen LogP contribution in [0.3, 0.4) is 0 Å². The van der Waals surface area contributed by atoms with Gasteiger partial charge in [-0.25, -0.2) is 4.98 Å². The Morgan fingerprint density at radius 1 is 1.48 bits per heavy atom. The zero-order valence-corrected chi connectivity index (χ0v) is 11.6. The maximum absolute atomic E-state index is 11.8. The molecule has 0 aliphatic carbocycles. The monoisotopic (exact) mass is 293 g/mol. The van der Waals surface area contributed by atoms with Gasteiger partial charge in [0.2, 0.25) is 11.7 Å². The van der Waals surface area contributed by atoms with Crippen LogP contribution in [0, 0.1) is 10.1 Å². The number of aromatic nitrogens is 1. The minimum atomic E-state index is -0.828. The van der Waals surface area contributed by atoms with Crippen molar-refractivity contribution in [3.63, 3.8) is 0 Å².